The van der Waals surface area contributed by atoms with Crippen LogP contribution in [-0.4, -0.2) is 67.5 Å². The molecule has 1 aromatic heterocycles. The quantitative estimate of drug-likeness (QED) is 0.909. The minimum absolute atomic E-state index is 0.00644. The van der Waals surface area contributed by atoms with Crippen molar-refractivity contribution >= 4 is 28.2 Å². The summed E-state index contributed by atoms with van der Waals surface area (Å²) in [6.07, 6.45) is 2.05. The van der Waals surface area contributed by atoms with Gasteiger partial charge in [-0.25, -0.2) is 4.98 Å². The molecule has 1 saturated heterocycles. The Bertz CT molecular complexity index is 494. The number of nitrogens with two attached hydrogens (primary N) is 1. The number of hydrogen-bond acceptors (Lipinski definition) is 6. The molecule has 2 rings (SSSR count). The molecule has 1 amide bonds. The zero-order valence-corrected chi connectivity index (χ0v) is 14.1. The van der Waals surface area contributed by atoms with E-state index in [9.17, 15) is 4.79 Å². The molecule has 2 heterocycles. The van der Waals surface area contributed by atoms with E-state index in [0.717, 1.165) is 37.6 Å². The first-order valence-corrected chi connectivity index (χ1v) is 8.18. The Kier molecular flexibility index (Phi) is 5.05. The molecule has 0 bridgehead atoms. The summed E-state index contributed by atoms with van der Waals surface area (Å²) < 4.78 is 0. The van der Waals surface area contributed by atoms with Gasteiger partial charge >= 0.3 is 0 Å². The molecule has 0 spiro atoms. The van der Waals surface area contributed by atoms with Crippen molar-refractivity contribution < 1.29 is 4.79 Å². The standard InChI is InChI=1S/C14H25N5OS/c1-5-19-8-6-10(7-9-19)18(4)13(20)11-12(15)16-14(21-11)17(2)3/h10H,5-9,15H2,1-4H3. The molecule has 1 aliphatic rings. The fraction of sp³-hybridized carbons (Fsp3) is 0.714. The number of carbonyl (C=O) groups is 1. The van der Waals surface area contributed by atoms with Crippen molar-refractivity contribution in [1.82, 2.24) is 14.8 Å². The number of aromatic nitrogens is 1. The second kappa shape index (κ2) is 6.62. The molecule has 0 aliphatic carbocycles. The van der Waals surface area contributed by atoms with Crippen LogP contribution < -0.4 is 10.6 Å². The van der Waals surface area contributed by atoms with Crippen molar-refractivity contribution in [3.8, 4) is 0 Å². The summed E-state index contributed by atoms with van der Waals surface area (Å²) in [7, 11) is 5.68. The molecular formula is C14H25N5OS. The fourth-order valence-electron chi connectivity index (χ4n) is 2.61. The monoisotopic (exact) mass is 311 g/mol. The first-order valence-electron chi connectivity index (χ1n) is 7.37. The number of nitrogen functional groups attached to an aromatic ring is 1. The lowest BCUT2D eigenvalue weighted by molar-refractivity contribution is 0.0652. The Labute approximate surface area is 130 Å². The first kappa shape index (κ1) is 16.0. The third-order valence-electron chi connectivity index (χ3n) is 4.09. The van der Waals surface area contributed by atoms with Gasteiger partial charge < -0.3 is 20.4 Å². The average Bonchev–Trinajstić information content (AvgIpc) is 2.88. The highest BCUT2D eigenvalue weighted by Gasteiger charge is 2.28. The molecule has 2 N–H and O–H groups in total. The zero-order chi connectivity index (χ0) is 15.6. The SMILES string of the molecule is CCN1CCC(N(C)C(=O)c2sc(N(C)C)nc2N)CC1. The molecule has 0 saturated carbocycles. The van der Waals surface area contributed by atoms with Crippen LogP contribution in [0, 0.1) is 0 Å². The summed E-state index contributed by atoms with van der Waals surface area (Å²) >= 11 is 1.36. The van der Waals surface area contributed by atoms with Crippen molar-refractivity contribution in [2.75, 3.05) is 51.4 Å². The first-order chi connectivity index (χ1) is 9.93. The Morgan fingerprint density at radius 1 is 1.38 bits per heavy atom. The van der Waals surface area contributed by atoms with Gasteiger partial charge in [0.05, 0.1) is 0 Å². The summed E-state index contributed by atoms with van der Waals surface area (Å²) in [5, 5.41) is 0.769. The molecule has 0 radical (unpaired) electrons. The number of carbonyl (C=O) groups excluding carboxylic acids is 1. The highest BCUT2D eigenvalue weighted by molar-refractivity contribution is 7.18. The number of thiazole rings is 1. The number of likely N-dealkylation sites (tertiary alicyclic amines) is 1. The van der Waals surface area contributed by atoms with E-state index in [-0.39, 0.29) is 5.91 Å². The largest absolute Gasteiger partial charge is 0.382 e. The fourth-order valence-corrected chi connectivity index (χ4v) is 3.50. The highest BCUT2D eigenvalue weighted by Crippen LogP contribution is 2.29. The Balaban J connectivity index is 2.06. The molecule has 0 unspecified atom stereocenters. The van der Waals surface area contributed by atoms with E-state index in [1.165, 1.54) is 11.3 Å². The Morgan fingerprint density at radius 3 is 2.48 bits per heavy atom. The summed E-state index contributed by atoms with van der Waals surface area (Å²) in [4.78, 5) is 23.6. The van der Waals surface area contributed by atoms with Crippen LogP contribution in [0.15, 0.2) is 0 Å². The molecule has 0 aromatic carbocycles. The van der Waals surface area contributed by atoms with E-state index < -0.39 is 0 Å². The number of rotatable bonds is 4. The molecule has 1 fully saturated rings. The zero-order valence-electron chi connectivity index (χ0n) is 13.3. The maximum Gasteiger partial charge on any atom is 0.267 e. The summed E-state index contributed by atoms with van der Waals surface area (Å²) in [6, 6.07) is 0.296. The normalized spacial score (nSPS) is 17.0. The van der Waals surface area contributed by atoms with Crippen LogP contribution in [0.4, 0.5) is 10.9 Å². The van der Waals surface area contributed by atoms with Gasteiger partial charge in [-0.3, -0.25) is 4.79 Å². The molecule has 1 aromatic rings. The molecule has 6 nitrogen and oxygen atoms in total. The van der Waals surface area contributed by atoms with Gasteiger partial charge in [0.1, 0.15) is 10.7 Å². The molecule has 0 atom stereocenters. The average molecular weight is 311 g/mol. The van der Waals surface area contributed by atoms with E-state index in [1.54, 1.807) is 0 Å². The third-order valence-corrected chi connectivity index (χ3v) is 5.32. The predicted octanol–water partition coefficient (Wildman–Crippen LogP) is 1.35. The van der Waals surface area contributed by atoms with Crippen LogP contribution in [0.25, 0.3) is 0 Å². The van der Waals surface area contributed by atoms with E-state index in [2.05, 4.69) is 16.8 Å². The minimum atomic E-state index is -0.00644. The van der Waals surface area contributed by atoms with Crippen molar-refractivity contribution in [1.29, 1.82) is 0 Å². The summed E-state index contributed by atoms with van der Waals surface area (Å²) in [5.41, 5.74) is 5.91. The van der Waals surface area contributed by atoms with Crippen LogP contribution in [0.1, 0.15) is 29.4 Å². The van der Waals surface area contributed by atoms with Gasteiger partial charge in [0.2, 0.25) is 0 Å². The molecule has 7 heteroatoms. The summed E-state index contributed by atoms with van der Waals surface area (Å²) in [5.74, 6) is 0.333. The molecule has 21 heavy (non-hydrogen) atoms. The second-order valence-electron chi connectivity index (χ2n) is 5.69. The van der Waals surface area contributed by atoms with E-state index >= 15 is 0 Å². The van der Waals surface area contributed by atoms with Gasteiger partial charge in [-0.2, -0.15) is 0 Å². The van der Waals surface area contributed by atoms with Crippen LogP contribution in [0.5, 0.6) is 0 Å². The third kappa shape index (κ3) is 3.47. The van der Waals surface area contributed by atoms with Gasteiger partial charge in [0.25, 0.3) is 5.91 Å². The van der Waals surface area contributed by atoms with E-state index in [1.807, 2.05) is 30.9 Å². The van der Waals surface area contributed by atoms with Gasteiger partial charge in [0.15, 0.2) is 5.13 Å². The maximum atomic E-state index is 12.6. The van der Waals surface area contributed by atoms with Crippen LogP contribution in [0.3, 0.4) is 0 Å². The van der Waals surface area contributed by atoms with Gasteiger partial charge in [0, 0.05) is 40.3 Å². The number of anilines is 2. The van der Waals surface area contributed by atoms with Crippen molar-refractivity contribution in [2.45, 2.75) is 25.8 Å². The molecule has 1 aliphatic heterocycles. The number of nitrogens with zero attached hydrogens (tertiary/aromatic N) is 4. The van der Waals surface area contributed by atoms with Crippen LogP contribution in [-0.2, 0) is 0 Å². The second-order valence-corrected chi connectivity index (χ2v) is 6.66. The Hall–Kier alpha value is -1.34. The van der Waals surface area contributed by atoms with Gasteiger partial charge in [-0.05, 0) is 19.4 Å². The van der Waals surface area contributed by atoms with Crippen molar-refractivity contribution in [3.63, 3.8) is 0 Å². The summed E-state index contributed by atoms with van der Waals surface area (Å²) in [6.45, 7) is 5.37. The predicted molar refractivity (Wildman–Crippen MR) is 88.1 cm³/mol. The maximum absolute atomic E-state index is 12.6. The van der Waals surface area contributed by atoms with Crippen molar-refractivity contribution in [3.05, 3.63) is 4.88 Å². The van der Waals surface area contributed by atoms with Crippen LogP contribution in [0.2, 0.25) is 0 Å². The smallest absolute Gasteiger partial charge is 0.267 e. The van der Waals surface area contributed by atoms with E-state index in [4.69, 9.17) is 5.73 Å². The van der Waals surface area contributed by atoms with Crippen molar-refractivity contribution in [2.24, 2.45) is 0 Å². The van der Waals surface area contributed by atoms with E-state index in [0.29, 0.717) is 16.7 Å². The molecule has 118 valence electrons. The van der Waals surface area contributed by atoms with Crippen LogP contribution >= 0.6 is 11.3 Å². The number of hydrogen-bond donors (Lipinski definition) is 1. The lowest BCUT2D eigenvalue weighted by Gasteiger charge is -2.36. The Morgan fingerprint density at radius 2 is 2.00 bits per heavy atom. The lowest BCUT2D eigenvalue weighted by Crippen LogP contribution is -2.45. The highest BCUT2D eigenvalue weighted by atomic mass is 32.1. The minimum Gasteiger partial charge on any atom is -0.382 e. The van der Waals surface area contributed by atoms with Gasteiger partial charge in [-0.15, -0.1) is 0 Å². The lowest BCUT2D eigenvalue weighted by atomic mass is 10.0. The number of amides is 1. The van der Waals surface area contributed by atoms with Gasteiger partial charge in [-0.1, -0.05) is 18.3 Å². The number of piperidine rings is 1. The topological polar surface area (TPSA) is 65.7 Å². The molecular weight excluding hydrogens is 286 g/mol.